The maximum absolute atomic E-state index is 9.00. The highest BCUT2D eigenvalue weighted by atomic mass is 15.1. The molecule has 2 aromatic carbocycles. The van der Waals surface area contributed by atoms with E-state index in [4.69, 9.17) is 24.2 Å². The third-order valence-corrected chi connectivity index (χ3v) is 3.42. The van der Waals surface area contributed by atoms with Crippen LogP contribution < -0.4 is 10.6 Å². The van der Waals surface area contributed by atoms with Gasteiger partial charge in [-0.15, -0.1) is 0 Å². The Bertz CT molecular complexity index is 1450. The van der Waals surface area contributed by atoms with Crippen LogP contribution in [-0.2, 0) is 0 Å². The number of anilines is 4. The van der Waals surface area contributed by atoms with E-state index in [1.807, 2.05) is 6.07 Å². The summed E-state index contributed by atoms with van der Waals surface area (Å²) < 4.78 is 79.4. The van der Waals surface area contributed by atoms with Crippen molar-refractivity contribution in [1.29, 1.82) is 10.5 Å². The lowest BCUT2D eigenvalue weighted by Crippen LogP contribution is -2.02. The molecule has 0 bridgehead atoms. The number of aromatic nitrogens is 2. The zero-order chi connectivity index (χ0) is 28.4. The fourth-order valence-electron chi connectivity index (χ4n) is 2.20. The summed E-state index contributed by atoms with van der Waals surface area (Å²) >= 11 is 0. The number of nitrogens with one attached hydrogen (secondary N) is 2. The predicted octanol–water partition coefficient (Wildman–Crippen LogP) is 4.99. The average Bonchev–Trinajstić information content (AvgIpc) is 2.84. The molecule has 0 radical (unpaired) electrons. The van der Waals surface area contributed by atoms with Crippen molar-refractivity contribution in [3.05, 3.63) is 76.9 Å². The van der Waals surface area contributed by atoms with Crippen LogP contribution in [0.2, 0.25) is 0 Å². The highest BCUT2D eigenvalue weighted by molar-refractivity contribution is 5.69. The monoisotopic (exact) mass is 376 g/mol. The second-order valence-corrected chi connectivity index (χ2v) is 5.34. The lowest BCUT2D eigenvalue weighted by Gasteiger charge is -2.14. The van der Waals surface area contributed by atoms with Crippen LogP contribution >= 0.6 is 0 Å². The molecule has 0 unspecified atom stereocenters. The van der Waals surface area contributed by atoms with Crippen molar-refractivity contribution in [1.82, 2.24) is 9.97 Å². The Morgan fingerprint density at radius 2 is 1.89 bits per heavy atom. The van der Waals surface area contributed by atoms with Gasteiger partial charge < -0.3 is 10.6 Å². The van der Waals surface area contributed by atoms with Gasteiger partial charge in [-0.25, -0.2) is 4.98 Å². The molecule has 3 rings (SSSR count). The van der Waals surface area contributed by atoms with Gasteiger partial charge in [0.05, 0.1) is 23.2 Å². The molecule has 0 saturated heterocycles. The van der Waals surface area contributed by atoms with Gasteiger partial charge in [-0.2, -0.15) is 15.5 Å². The number of nitrogens with zero attached hydrogens (tertiary/aromatic N) is 4. The standard InChI is InChI=1S/C22H18N6/c1-15-12-18(4-3-10-23)13-16(2)21(15)27-20-9-11-25-22(28-20)26-19-7-5-17(14-24)6-8-19/h3-9,11-13H,1-2H3,(H2,25,26,27,28)/b4-3+/i1D3,2D3,3D,4D,7D,8D. The minimum Gasteiger partial charge on any atom is -0.340 e. The summed E-state index contributed by atoms with van der Waals surface area (Å²) in [4.78, 5) is 8.19. The van der Waals surface area contributed by atoms with E-state index in [0.717, 1.165) is 12.1 Å². The second kappa shape index (κ2) is 8.48. The van der Waals surface area contributed by atoms with Gasteiger partial charge in [-0.05, 0) is 78.9 Å². The highest BCUT2D eigenvalue weighted by Gasteiger charge is 2.07. The third-order valence-electron chi connectivity index (χ3n) is 3.42. The molecule has 6 heteroatoms. The maximum atomic E-state index is 9.00. The first-order valence-corrected chi connectivity index (χ1v) is 7.81. The number of rotatable bonds is 5. The molecule has 0 aliphatic carbocycles. The summed E-state index contributed by atoms with van der Waals surface area (Å²) in [7, 11) is 0. The Morgan fingerprint density at radius 3 is 2.54 bits per heavy atom. The maximum Gasteiger partial charge on any atom is 0.229 e. The van der Waals surface area contributed by atoms with Gasteiger partial charge in [0, 0.05) is 31.8 Å². The summed E-state index contributed by atoms with van der Waals surface area (Å²) in [6, 6.07) is 7.47. The SMILES string of the molecule is [2H]/C(C#N)=C(/[2H])c1cc(C([2H])([2H])[2H])c(Nc2ccnc(Nc3c([2H])cc(C#N)cc3[2H])n2)c(C([2H])([2H])[2H])c1. The van der Waals surface area contributed by atoms with Gasteiger partial charge in [0.2, 0.25) is 5.95 Å². The summed E-state index contributed by atoms with van der Waals surface area (Å²) in [5, 5.41) is 23.4. The smallest absolute Gasteiger partial charge is 0.229 e. The quantitative estimate of drug-likeness (QED) is 0.609. The minimum atomic E-state index is -2.86. The molecule has 136 valence electrons. The number of hydrogen-bond acceptors (Lipinski definition) is 6. The Kier molecular flexibility index (Phi) is 2.93. The van der Waals surface area contributed by atoms with Crippen molar-refractivity contribution in [2.75, 3.05) is 10.6 Å². The van der Waals surface area contributed by atoms with Crippen molar-refractivity contribution < 1.29 is 13.7 Å². The molecule has 1 aromatic heterocycles. The number of aryl methyl sites for hydroxylation is 2. The normalized spacial score (nSPS) is 17.1. The fraction of sp³-hybridized carbons (Fsp3) is 0.0909. The van der Waals surface area contributed by atoms with Gasteiger partial charge in [0.1, 0.15) is 5.82 Å². The summed E-state index contributed by atoms with van der Waals surface area (Å²) in [6.45, 7) is -5.71. The van der Waals surface area contributed by atoms with Crippen LogP contribution in [0.25, 0.3) is 6.05 Å². The minimum absolute atomic E-state index is 0.00955. The number of nitriles is 2. The number of allylic oxidation sites excluding steroid dienone is 1. The van der Waals surface area contributed by atoms with E-state index >= 15 is 0 Å². The van der Waals surface area contributed by atoms with Crippen molar-refractivity contribution in [2.24, 2.45) is 0 Å². The first-order valence-electron chi connectivity index (χ1n) is 12.8. The van der Waals surface area contributed by atoms with E-state index < -0.39 is 36.9 Å². The fourth-order valence-corrected chi connectivity index (χ4v) is 2.20. The summed E-state index contributed by atoms with van der Waals surface area (Å²) in [5.41, 5.74) is -1.36. The van der Waals surface area contributed by atoms with Crippen molar-refractivity contribution >= 4 is 29.2 Å². The third kappa shape index (κ3) is 4.51. The molecule has 1 heterocycles. The van der Waals surface area contributed by atoms with Gasteiger partial charge in [0.15, 0.2) is 0 Å². The molecule has 28 heavy (non-hydrogen) atoms. The van der Waals surface area contributed by atoms with E-state index in [9.17, 15) is 0 Å². The molecule has 3 aromatic rings. The van der Waals surface area contributed by atoms with Crippen molar-refractivity contribution in [2.45, 2.75) is 13.7 Å². The van der Waals surface area contributed by atoms with Crippen LogP contribution in [0.15, 0.2) is 54.7 Å². The van der Waals surface area contributed by atoms with E-state index in [1.165, 1.54) is 30.5 Å². The highest BCUT2D eigenvalue weighted by Crippen LogP contribution is 2.26. The van der Waals surface area contributed by atoms with Crippen LogP contribution in [0, 0.1) is 36.4 Å². The van der Waals surface area contributed by atoms with E-state index in [0.29, 0.717) is 0 Å². The van der Waals surface area contributed by atoms with Gasteiger partial charge in [-0.1, -0.05) is 0 Å². The molecule has 0 atom stereocenters. The molecule has 0 aliphatic rings. The zero-order valence-corrected chi connectivity index (χ0v) is 14.3. The van der Waals surface area contributed by atoms with Crippen LogP contribution in [0.3, 0.4) is 0 Å². The second-order valence-electron chi connectivity index (χ2n) is 5.34. The molecule has 0 amide bonds. The lowest BCUT2D eigenvalue weighted by molar-refractivity contribution is 1.16. The molecule has 6 nitrogen and oxygen atoms in total. The Hall–Kier alpha value is -4.16. The van der Waals surface area contributed by atoms with Crippen molar-refractivity contribution in [3.8, 4) is 12.1 Å². The van der Waals surface area contributed by atoms with Crippen LogP contribution in [0.4, 0.5) is 23.1 Å². The van der Waals surface area contributed by atoms with Crippen molar-refractivity contribution in [3.63, 3.8) is 0 Å². The summed E-state index contributed by atoms with van der Waals surface area (Å²) in [6.07, 6.45) is 1.27. The summed E-state index contributed by atoms with van der Waals surface area (Å²) in [5.74, 6) is -0.133. The predicted molar refractivity (Wildman–Crippen MR) is 110 cm³/mol. The zero-order valence-electron chi connectivity index (χ0n) is 24.3. The molecule has 0 saturated carbocycles. The molecule has 0 aliphatic heterocycles. The molecule has 2 N–H and O–H groups in total. The van der Waals surface area contributed by atoms with Crippen LogP contribution in [0.1, 0.15) is 36.0 Å². The Labute approximate surface area is 177 Å². The van der Waals surface area contributed by atoms with E-state index in [-0.39, 0.29) is 46.4 Å². The first-order chi connectivity index (χ1) is 17.6. The first kappa shape index (κ1) is 9.68. The Morgan fingerprint density at radius 1 is 1.14 bits per heavy atom. The Balaban J connectivity index is 2.13. The topological polar surface area (TPSA) is 97.4 Å². The van der Waals surface area contributed by atoms with Gasteiger partial charge in [0.25, 0.3) is 0 Å². The van der Waals surface area contributed by atoms with E-state index in [2.05, 4.69) is 20.6 Å². The largest absolute Gasteiger partial charge is 0.340 e. The van der Waals surface area contributed by atoms with Crippen LogP contribution in [0.5, 0.6) is 0 Å². The number of hydrogen-bond donors (Lipinski definition) is 2. The van der Waals surface area contributed by atoms with Gasteiger partial charge in [-0.3, -0.25) is 0 Å². The average molecular weight is 376 g/mol. The molecular weight excluding hydrogens is 348 g/mol. The molecule has 0 spiro atoms. The molecular formula is C22H18N6. The number of benzene rings is 2. The van der Waals surface area contributed by atoms with Gasteiger partial charge >= 0.3 is 0 Å². The molecule has 0 fully saturated rings. The lowest BCUT2D eigenvalue weighted by atomic mass is 10.0. The van der Waals surface area contributed by atoms with Crippen LogP contribution in [-0.4, -0.2) is 9.97 Å². The van der Waals surface area contributed by atoms with E-state index in [1.54, 1.807) is 0 Å².